The van der Waals surface area contributed by atoms with Gasteiger partial charge in [0, 0.05) is 15.5 Å². The fourth-order valence-corrected chi connectivity index (χ4v) is 2.68. The SMILES string of the molecule is NC(Cc1cccc(Cl)c1F)c1cc(Br)ccc1Cl. The van der Waals surface area contributed by atoms with Crippen molar-refractivity contribution in [1.29, 1.82) is 0 Å². The minimum Gasteiger partial charge on any atom is -0.324 e. The van der Waals surface area contributed by atoms with Crippen LogP contribution in [0.25, 0.3) is 0 Å². The molecule has 2 aromatic rings. The maximum absolute atomic E-state index is 13.8. The van der Waals surface area contributed by atoms with Crippen LogP contribution in [0.5, 0.6) is 0 Å². The highest BCUT2D eigenvalue weighted by atomic mass is 79.9. The standard InChI is InChI=1S/C14H11BrCl2FN/c15-9-4-5-11(16)10(7-9)13(19)6-8-2-1-3-12(17)14(8)18/h1-5,7,13H,6,19H2. The van der Waals surface area contributed by atoms with E-state index in [2.05, 4.69) is 15.9 Å². The smallest absolute Gasteiger partial charge is 0.145 e. The lowest BCUT2D eigenvalue weighted by molar-refractivity contribution is 0.594. The molecule has 1 atom stereocenters. The molecule has 0 bridgehead atoms. The third-order valence-corrected chi connectivity index (χ3v) is 3.96. The minimum atomic E-state index is -0.425. The lowest BCUT2D eigenvalue weighted by Gasteiger charge is -2.15. The van der Waals surface area contributed by atoms with Crippen molar-refractivity contribution in [2.75, 3.05) is 0 Å². The summed E-state index contributed by atoms with van der Waals surface area (Å²) >= 11 is 15.2. The lowest BCUT2D eigenvalue weighted by Crippen LogP contribution is -2.14. The highest BCUT2D eigenvalue weighted by molar-refractivity contribution is 9.10. The molecule has 0 aliphatic carbocycles. The van der Waals surface area contributed by atoms with E-state index in [-0.39, 0.29) is 5.02 Å². The molecule has 0 saturated heterocycles. The van der Waals surface area contributed by atoms with E-state index in [1.165, 1.54) is 6.07 Å². The van der Waals surface area contributed by atoms with Gasteiger partial charge in [-0.25, -0.2) is 4.39 Å². The zero-order valence-corrected chi connectivity index (χ0v) is 12.9. The Labute approximate surface area is 129 Å². The molecule has 0 aliphatic heterocycles. The Morgan fingerprint density at radius 2 is 1.89 bits per heavy atom. The normalized spacial score (nSPS) is 12.5. The van der Waals surface area contributed by atoms with Gasteiger partial charge >= 0.3 is 0 Å². The van der Waals surface area contributed by atoms with Crippen molar-refractivity contribution >= 4 is 39.1 Å². The van der Waals surface area contributed by atoms with Crippen LogP contribution in [0.4, 0.5) is 4.39 Å². The Kier molecular flexibility index (Phi) is 4.85. The second-order valence-corrected chi connectivity index (χ2v) is 5.92. The van der Waals surface area contributed by atoms with E-state index >= 15 is 0 Å². The topological polar surface area (TPSA) is 26.0 Å². The molecule has 2 N–H and O–H groups in total. The van der Waals surface area contributed by atoms with Crippen LogP contribution in [0.15, 0.2) is 40.9 Å². The summed E-state index contributed by atoms with van der Waals surface area (Å²) in [5.41, 5.74) is 7.36. The van der Waals surface area contributed by atoms with E-state index < -0.39 is 11.9 Å². The largest absolute Gasteiger partial charge is 0.324 e. The monoisotopic (exact) mass is 361 g/mol. The van der Waals surface area contributed by atoms with Gasteiger partial charge in [0.05, 0.1) is 5.02 Å². The molecule has 5 heteroatoms. The molecular weight excluding hydrogens is 352 g/mol. The van der Waals surface area contributed by atoms with Crippen molar-refractivity contribution in [2.24, 2.45) is 5.73 Å². The Hall–Kier alpha value is -0.610. The molecule has 0 fully saturated rings. The molecule has 0 saturated carbocycles. The van der Waals surface area contributed by atoms with Crippen molar-refractivity contribution in [3.63, 3.8) is 0 Å². The van der Waals surface area contributed by atoms with Crippen LogP contribution < -0.4 is 5.73 Å². The van der Waals surface area contributed by atoms with Gasteiger partial charge in [-0.05, 0) is 41.8 Å². The third kappa shape index (κ3) is 3.48. The molecule has 2 aromatic carbocycles. The molecule has 19 heavy (non-hydrogen) atoms. The third-order valence-electron chi connectivity index (χ3n) is 2.83. The highest BCUT2D eigenvalue weighted by Crippen LogP contribution is 2.29. The molecule has 0 spiro atoms. The van der Waals surface area contributed by atoms with E-state index in [0.29, 0.717) is 17.0 Å². The molecule has 0 radical (unpaired) electrons. The molecule has 0 aliphatic rings. The van der Waals surface area contributed by atoms with Crippen LogP contribution in [-0.2, 0) is 6.42 Å². The summed E-state index contributed by atoms with van der Waals surface area (Å²) in [5, 5.41) is 0.670. The number of hydrogen-bond acceptors (Lipinski definition) is 1. The number of halogens is 4. The number of rotatable bonds is 3. The van der Waals surface area contributed by atoms with Crippen LogP contribution in [0, 0.1) is 5.82 Å². The summed E-state index contributed by atoms with van der Waals surface area (Å²) in [4.78, 5) is 0. The van der Waals surface area contributed by atoms with Gasteiger partial charge in [0.15, 0.2) is 0 Å². The van der Waals surface area contributed by atoms with Gasteiger partial charge in [-0.3, -0.25) is 0 Å². The number of hydrogen-bond donors (Lipinski definition) is 1. The van der Waals surface area contributed by atoms with Crippen LogP contribution in [-0.4, -0.2) is 0 Å². The molecule has 0 heterocycles. The molecular formula is C14H11BrCl2FN. The first kappa shape index (κ1) is 14.8. The zero-order valence-electron chi connectivity index (χ0n) is 9.84. The van der Waals surface area contributed by atoms with Crippen molar-refractivity contribution in [1.82, 2.24) is 0 Å². The minimum absolute atomic E-state index is 0.102. The van der Waals surface area contributed by atoms with E-state index in [0.717, 1.165) is 10.0 Å². The van der Waals surface area contributed by atoms with E-state index in [1.54, 1.807) is 18.2 Å². The van der Waals surface area contributed by atoms with Gasteiger partial charge in [0.2, 0.25) is 0 Å². The van der Waals surface area contributed by atoms with Gasteiger partial charge in [-0.2, -0.15) is 0 Å². The fourth-order valence-electron chi connectivity index (χ4n) is 1.85. The summed E-state index contributed by atoms with van der Waals surface area (Å²) < 4.78 is 14.7. The van der Waals surface area contributed by atoms with Gasteiger partial charge in [-0.1, -0.05) is 51.3 Å². The summed E-state index contributed by atoms with van der Waals surface area (Å²) in [7, 11) is 0. The molecule has 1 unspecified atom stereocenters. The molecule has 1 nitrogen and oxygen atoms in total. The Balaban J connectivity index is 2.28. The predicted octanol–water partition coefficient (Wildman–Crippen LogP) is 5.14. The summed E-state index contributed by atoms with van der Waals surface area (Å²) in [6.07, 6.45) is 0.336. The van der Waals surface area contributed by atoms with Crippen LogP contribution in [0.1, 0.15) is 17.2 Å². The highest BCUT2D eigenvalue weighted by Gasteiger charge is 2.15. The summed E-state index contributed by atoms with van der Waals surface area (Å²) in [6, 6.07) is 9.93. The molecule has 2 rings (SSSR count). The van der Waals surface area contributed by atoms with Crippen LogP contribution >= 0.6 is 39.1 Å². The van der Waals surface area contributed by atoms with Crippen LogP contribution in [0.3, 0.4) is 0 Å². The number of benzene rings is 2. The van der Waals surface area contributed by atoms with Crippen molar-refractivity contribution in [2.45, 2.75) is 12.5 Å². The van der Waals surface area contributed by atoms with Gasteiger partial charge in [0.25, 0.3) is 0 Å². The second-order valence-electron chi connectivity index (χ2n) is 4.19. The summed E-state index contributed by atoms with van der Waals surface area (Å²) in [6.45, 7) is 0. The van der Waals surface area contributed by atoms with Crippen LogP contribution in [0.2, 0.25) is 10.0 Å². The lowest BCUT2D eigenvalue weighted by atomic mass is 9.99. The van der Waals surface area contributed by atoms with E-state index in [1.807, 2.05) is 12.1 Å². The van der Waals surface area contributed by atoms with E-state index in [9.17, 15) is 4.39 Å². The zero-order chi connectivity index (χ0) is 14.0. The first-order valence-electron chi connectivity index (χ1n) is 5.62. The average molecular weight is 363 g/mol. The second kappa shape index (κ2) is 6.23. The average Bonchev–Trinajstić information content (AvgIpc) is 2.38. The Bertz CT molecular complexity index is 604. The quantitative estimate of drug-likeness (QED) is 0.803. The summed E-state index contributed by atoms with van der Waals surface area (Å²) in [5.74, 6) is -0.425. The first-order chi connectivity index (χ1) is 8.99. The Morgan fingerprint density at radius 3 is 2.63 bits per heavy atom. The van der Waals surface area contributed by atoms with Gasteiger partial charge in [0.1, 0.15) is 5.82 Å². The van der Waals surface area contributed by atoms with Gasteiger partial charge in [-0.15, -0.1) is 0 Å². The first-order valence-corrected chi connectivity index (χ1v) is 7.17. The van der Waals surface area contributed by atoms with Crippen molar-refractivity contribution in [3.05, 3.63) is 67.9 Å². The number of nitrogens with two attached hydrogens (primary N) is 1. The molecule has 100 valence electrons. The fraction of sp³-hybridized carbons (Fsp3) is 0.143. The van der Waals surface area contributed by atoms with Crippen molar-refractivity contribution in [3.8, 4) is 0 Å². The van der Waals surface area contributed by atoms with Crippen molar-refractivity contribution < 1.29 is 4.39 Å². The van der Waals surface area contributed by atoms with Gasteiger partial charge < -0.3 is 5.73 Å². The predicted molar refractivity (Wildman–Crippen MR) is 81.2 cm³/mol. The van der Waals surface area contributed by atoms with E-state index in [4.69, 9.17) is 28.9 Å². The maximum atomic E-state index is 13.8. The molecule has 0 aromatic heterocycles. The Morgan fingerprint density at radius 1 is 1.16 bits per heavy atom. The maximum Gasteiger partial charge on any atom is 0.145 e. The molecule has 0 amide bonds.